The summed E-state index contributed by atoms with van der Waals surface area (Å²) < 4.78 is 16.9. The number of thioether (sulfide) groups is 1. The molecule has 1 saturated heterocycles. The molecule has 1 heterocycles. The molecule has 5 nitrogen and oxygen atoms in total. The number of hydrogen-bond acceptors (Lipinski definition) is 5. The van der Waals surface area contributed by atoms with Gasteiger partial charge < -0.3 is 10.1 Å². The fraction of sp³-hybridized carbons (Fsp3) is 0.250. The summed E-state index contributed by atoms with van der Waals surface area (Å²) in [6.45, 7) is 3.69. The Morgan fingerprint density at radius 3 is 2.41 bits per heavy atom. The highest BCUT2D eigenvalue weighted by Crippen LogP contribution is 2.41. The van der Waals surface area contributed by atoms with E-state index in [1.807, 2.05) is 13.8 Å². The molecule has 1 amide bonds. The summed E-state index contributed by atoms with van der Waals surface area (Å²) in [5, 5.41) is 3.32. The van der Waals surface area contributed by atoms with E-state index in [-0.39, 0.29) is 17.8 Å². The first-order valence-corrected chi connectivity index (χ1v) is 9.17. The lowest BCUT2D eigenvalue weighted by atomic mass is 9.98. The van der Waals surface area contributed by atoms with Gasteiger partial charge in [0.25, 0.3) is 0 Å². The molecule has 1 fully saturated rings. The van der Waals surface area contributed by atoms with E-state index in [0.717, 1.165) is 11.1 Å². The molecule has 2 unspecified atom stereocenters. The van der Waals surface area contributed by atoms with E-state index in [4.69, 9.17) is 4.74 Å². The van der Waals surface area contributed by atoms with Crippen molar-refractivity contribution in [1.29, 1.82) is 0 Å². The van der Waals surface area contributed by atoms with Crippen molar-refractivity contribution in [3.8, 4) is 0 Å². The molecule has 2 aromatic rings. The van der Waals surface area contributed by atoms with E-state index >= 15 is 0 Å². The number of amidine groups is 1. The predicted octanol–water partition coefficient (Wildman–Crippen LogP) is 3.81. The lowest BCUT2D eigenvalue weighted by Gasteiger charge is -2.19. The zero-order valence-electron chi connectivity index (χ0n) is 15.2. The molecule has 0 spiro atoms. The summed E-state index contributed by atoms with van der Waals surface area (Å²) in [6, 6.07) is 12.7. The maximum absolute atomic E-state index is 13.1. The van der Waals surface area contributed by atoms with Gasteiger partial charge >= 0.3 is 5.97 Å². The van der Waals surface area contributed by atoms with Crippen LogP contribution in [0.25, 0.3) is 0 Å². The largest absolute Gasteiger partial charge is 0.465 e. The molecule has 3 rings (SSSR count). The Morgan fingerprint density at radius 2 is 1.81 bits per heavy atom. The molecule has 2 aromatic carbocycles. The van der Waals surface area contributed by atoms with Crippen molar-refractivity contribution >= 4 is 28.8 Å². The number of carbonyl (C=O) groups is 2. The van der Waals surface area contributed by atoms with Crippen molar-refractivity contribution in [1.82, 2.24) is 5.32 Å². The van der Waals surface area contributed by atoms with Gasteiger partial charge in [0.05, 0.1) is 18.7 Å². The number of amides is 1. The van der Waals surface area contributed by atoms with Gasteiger partial charge in [0, 0.05) is 0 Å². The third-order valence-electron chi connectivity index (χ3n) is 4.47. The van der Waals surface area contributed by atoms with Gasteiger partial charge in [-0.3, -0.25) is 9.79 Å². The summed E-state index contributed by atoms with van der Waals surface area (Å²) in [5.74, 6) is -0.904. The van der Waals surface area contributed by atoms with E-state index in [0.29, 0.717) is 10.7 Å². The van der Waals surface area contributed by atoms with Crippen molar-refractivity contribution in [2.75, 3.05) is 7.11 Å². The summed E-state index contributed by atoms with van der Waals surface area (Å²) in [6.07, 6.45) is 0. The smallest absolute Gasteiger partial charge is 0.337 e. The fourth-order valence-electron chi connectivity index (χ4n) is 2.76. The number of halogens is 1. The van der Waals surface area contributed by atoms with E-state index in [1.165, 1.54) is 31.0 Å². The van der Waals surface area contributed by atoms with Crippen molar-refractivity contribution in [3.63, 3.8) is 0 Å². The second kappa shape index (κ2) is 7.52. The monoisotopic (exact) mass is 386 g/mol. The number of nitrogens with zero attached hydrogens (tertiary/aromatic N) is 1. The van der Waals surface area contributed by atoms with E-state index in [1.54, 1.807) is 36.4 Å². The number of hydrogen-bond donors (Lipinski definition) is 1. The topological polar surface area (TPSA) is 67.8 Å². The van der Waals surface area contributed by atoms with Crippen LogP contribution in [0.4, 0.5) is 4.39 Å². The third-order valence-corrected chi connectivity index (χ3v) is 5.70. The number of nitrogens with one attached hydrogen (secondary N) is 1. The number of ether oxygens (including phenoxy) is 1. The van der Waals surface area contributed by atoms with Crippen LogP contribution in [0.5, 0.6) is 0 Å². The minimum absolute atomic E-state index is 0.177. The number of esters is 1. The summed E-state index contributed by atoms with van der Waals surface area (Å²) in [7, 11) is 1.32. The van der Waals surface area contributed by atoms with E-state index in [2.05, 4.69) is 10.3 Å². The molecule has 1 aliphatic rings. The summed E-state index contributed by atoms with van der Waals surface area (Å²) >= 11 is 1.32. The van der Waals surface area contributed by atoms with Crippen LogP contribution >= 0.6 is 11.8 Å². The lowest BCUT2D eigenvalue weighted by molar-refractivity contribution is -0.121. The van der Waals surface area contributed by atoms with Gasteiger partial charge in [0.1, 0.15) is 10.6 Å². The molecule has 140 valence electrons. The zero-order valence-corrected chi connectivity index (χ0v) is 16.0. The third kappa shape index (κ3) is 3.88. The zero-order chi connectivity index (χ0) is 19.6. The predicted molar refractivity (Wildman–Crippen MR) is 103 cm³/mol. The van der Waals surface area contributed by atoms with Crippen LogP contribution in [0.15, 0.2) is 53.5 Å². The highest BCUT2D eigenvalue weighted by molar-refractivity contribution is 8.15. The molecule has 27 heavy (non-hydrogen) atoms. The Balaban J connectivity index is 1.81. The number of aliphatic imine (C=N–C) groups is 1. The second-order valence-corrected chi connectivity index (χ2v) is 7.73. The van der Waals surface area contributed by atoms with Crippen LogP contribution < -0.4 is 5.32 Å². The molecule has 1 N–H and O–H groups in total. The highest BCUT2D eigenvalue weighted by Gasteiger charge is 2.44. The maximum Gasteiger partial charge on any atom is 0.337 e. The van der Waals surface area contributed by atoms with Crippen molar-refractivity contribution in [2.24, 2.45) is 4.99 Å². The van der Waals surface area contributed by atoms with Gasteiger partial charge in [-0.15, -0.1) is 0 Å². The summed E-state index contributed by atoms with van der Waals surface area (Å²) in [5.41, 5.74) is 2.04. The first-order chi connectivity index (χ1) is 12.8. The van der Waals surface area contributed by atoms with Crippen molar-refractivity contribution in [2.45, 2.75) is 24.6 Å². The molecule has 0 radical (unpaired) electrons. The minimum Gasteiger partial charge on any atom is -0.465 e. The van der Waals surface area contributed by atoms with E-state index in [9.17, 15) is 14.0 Å². The molecule has 0 saturated carbocycles. The average molecular weight is 386 g/mol. The van der Waals surface area contributed by atoms with Crippen LogP contribution in [0.3, 0.4) is 0 Å². The van der Waals surface area contributed by atoms with Crippen LogP contribution in [0, 0.1) is 5.82 Å². The molecule has 0 aromatic heterocycles. The number of methoxy groups -OCH3 is 1. The number of rotatable bonds is 4. The Bertz CT molecular complexity index is 896. The molecule has 1 aliphatic heterocycles. The molecule has 0 bridgehead atoms. The van der Waals surface area contributed by atoms with Crippen molar-refractivity contribution in [3.05, 3.63) is 71.0 Å². The standard InChI is InChI=1S/C20H19FN2O3S/c1-12(13-6-10-16(21)11-7-13)22-19-23-18(25)20(2,27-19)15-8-4-14(5-9-15)17(24)26-3/h4-12H,1-3H3,(H,22,23,25). The Morgan fingerprint density at radius 1 is 1.19 bits per heavy atom. The van der Waals surface area contributed by atoms with Gasteiger partial charge in [0.2, 0.25) is 5.91 Å². The summed E-state index contributed by atoms with van der Waals surface area (Å²) in [4.78, 5) is 28.7. The molecule has 0 aliphatic carbocycles. The normalized spacial score (nSPS) is 21.8. The fourth-order valence-corrected chi connectivity index (χ4v) is 3.90. The van der Waals surface area contributed by atoms with Crippen LogP contribution in [-0.2, 0) is 14.3 Å². The van der Waals surface area contributed by atoms with Crippen LogP contribution in [0.1, 0.15) is 41.4 Å². The minimum atomic E-state index is -0.851. The van der Waals surface area contributed by atoms with Crippen LogP contribution in [-0.4, -0.2) is 24.2 Å². The second-order valence-electron chi connectivity index (χ2n) is 6.32. The first kappa shape index (κ1) is 19.1. The molecular weight excluding hydrogens is 367 g/mol. The Kier molecular flexibility index (Phi) is 5.32. The average Bonchev–Trinajstić information content (AvgIpc) is 2.96. The SMILES string of the molecule is COC(=O)c1ccc(C2(C)SC(=NC(C)c3ccc(F)cc3)NC2=O)cc1. The van der Waals surface area contributed by atoms with Crippen molar-refractivity contribution < 1.29 is 18.7 Å². The molecule has 7 heteroatoms. The van der Waals surface area contributed by atoms with Gasteiger partial charge in [-0.2, -0.15) is 0 Å². The van der Waals surface area contributed by atoms with Gasteiger partial charge in [-0.25, -0.2) is 9.18 Å². The lowest BCUT2D eigenvalue weighted by Crippen LogP contribution is -2.31. The number of benzene rings is 2. The number of carbonyl (C=O) groups excluding carboxylic acids is 2. The molecular formula is C20H19FN2O3S. The highest BCUT2D eigenvalue weighted by atomic mass is 32.2. The quantitative estimate of drug-likeness (QED) is 0.812. The van der Waals surface area contributed by atoms with Gasteiger partial charge in [-0.05, 0) is 49.2 Å². The Labute approximate surface area is 161 Å². The van der Waals surface area contributed by atoms with Gasteiger partial charge in [0.15, 0.2) is 5.17 Å². The van der Waals surface area contributed by atoms with E-state index < -0.39 is 10.7 Å². The Hall–Kier alpha value is -2.67. The van der Waals surface area contributed by atoms with Crippen LogP contribution in [0.2, 0.25) is 0 Å². The molecule has 2 atom stereocenters. The maximum atomic E-state index is 13.1. The first-order valence-electron chi connectivity index (χ1n) is 8.36. The van der Waals surface area contributed by atoms with Gasteiger partial charge in [-0.1, -0.05) is 36.0 Å².